The number of hydrogen-bond donors (Lipinski definition) is 1. The van der Waals surface area contributed by atoms with E-state index >= 15 is 0 Å². The Morgan fingerprint density at radius 1 is 1.22 bits per heavy atom. The Balaban J connectivity index is 2.01. The highest BCUT2D eigenvalue weighted by molar-refractivity contribution is 6.29. The molecule has 0 saturated heterocycles. The topological polar surface area (TPSA) is 76.7 Å². The van der Waals surface area contributed by atoms with Gasteiger partial charge >= 0.3 is 0 Å². The molecular weight excluding hydrogens is 383 g/mol. The quantitative estimate of drug-likeness (QED) is 0.647. The van der Waals surface area contributed by atoms with Gasteiger partial charge < -0.3 is 5.11 Å². The molecule has 0 aliphatic rings. The van der Waals surface area contributed by atoms with Gasteiger partial charge in [0.15, 0.2) is 11.0 Å². The second-order valence-corrected chi connectivity index (χ2v) is 6.53. The molecule has 1 aromatic carbocycles. The first-order valence-electron chi connectivity index (χ1n) is 7.96. The van der Waals surface area contributed by atoms with Crippen molar-refractivity contribution >= 4 is 11.6 Å². The van der Waals surface area contributed by atoms with Crippen LogP contribution in [0.5, 0.6) is 0 Å². The third-order valence-electron chi connectivity index (χ3n) is 4.40. The lowest BCUT2D eigenvalue weighted by Gasteiger charge is -2.34. The molecule has 0 amide bonds. The summed E-state index contributed by atoms with van der Waals surface area (Å²) < 4.78 is 43.3. The SMILES string of the molecule is C[C@H](Cc1ncnc(Cl)c1F)[C@](O)(Cn1cncn1)c1ccc(F)cc1F. The van der Waals surface area contributed by atoms with Crippen LogP contribution in [0.15, 0.2) is 37.2 Å². The zero-order chi connectivity index (χ0) is 19.6. The van der Waals surface area contributed by atoms with Gasteiger partial charge in [-0.25, -0.2) is 32.8 Å². The molecule has 2 aromatic heterocycles. The lowest BCUT2D eigenvalue weighted by atomic mass is 9.79. The molecule has 0 fully saturated rings. The van der Waals surface area contributed by atoms with E-state index in [1.54, 1.807) is 6.92 Å². The molecule has 0 unspecified atom stereocenters. The summed E-state index contributed by atoms with van der Waals surface area (Å²) >= 11 is 5.67. The van der Waals surface area contributed by atoms with E-state index in [0.717, 1.165) is 18.5 Å². The van der Waals surface area contributed by atoms with Crippen LogP contribution in [0.25, 0.3) is 0 Å². The van der Waals surface area contributed by atoms with E-state index in [1.807, 2.05) is 0 Å². The average molecular weight is 398 g/mol. The molecule has 2 heterocycles. The Kier molecular flexibility index (Phi) is 5.43. The van der Waals surface area contributed by atoms with Crippen molar-refractivity contribution in [2.45, 2.75) is 25.5 Å². The molecule has 10 heteroatoms. The second-order valence-electron chi connectivity index (χ2n) is 6.17. The summed E-state index contributed by atoms with van der Waals surface area (Å²) in [6.45, 7) is 1.41. The summed E-state index contributed by atoms with van der Waals surface area (Å²) in [5.41, 5.74) is -2.02. The molecule has 0 radical (unpaired) electrons. The van der Waals surface area contributed by atoms with Gasteiger partial charge in [0.2, 0.25) is 0 Å². The summed E-state index contributed by atoms with van der Waals surface area (Å²) in [6.07, 6.45) is 3.63. The van der Waals surface area contributed by atoms with Crippen molar-refractivity contribution in [2.75, 3.05) is 0 Å². The molecule has 1 N–H and O–H groups in total. The number of aromatic nitrogens is 5. The molecular formula is C17H15ClF3N5O. The summed E-state index contributed by atoms with van der Waals surface area (Å²) in [7, 11) is 0. The summed E-state index contributed by atoms with van der Waals surface area (Å²) in [5.74, 6) is -3.26. The van der Waals surface area contributed by atoms with Crippen LogP contribution >= 0.6 is 11.6 Å². The van der Waals surface area contributed by atoms with Crippen molar-refractivity contribution in [3.63, 3.8) is 0 Å². The largest absolute Gasteiger partial charge is 0.383 e. The monoisotopic (exact) mass is 397 g/mol. The third-order valence-corrected chi connectivity index (χ3v) is 4.66. The van der Waals surface area contributed by atoms with E-state index in [4.69, 9.17) is 11.6 Å². The predicted molar refractivity (Wildman–Crippen MR) is 90.1 cm³/mol. The van der Waals surface area contributed by atoms with Gasteiger partial charge in [0, 0.05) is 11.6 Å². The standard InChI is InChI=1S/C17H15ClF3N5O/c1-10(4-14-15(21)16(18)24-8-23-14)17(27,6-26-9-22-7-25-26)12-3-2-11(19)5-13(12)20/h2-3,5,7-10,27H,4,6H2,1H3/t10-,17-/m1/s1. The van der Waals surface area contributed by atoms with Gasteiger partial charge in [0.05, 0.1) is 12.2 Å². The van der Waals surface area contributed by atoms with E-state index in [-0.39, 0.29) is 29.4 Å². The van der Waals surface area contributed by atoms with Gasteiger partial charge in [-0.2, -0.15) is 5.10 Å². The van der Waals surface area contributed by atoms with Crippen LogP contribution in [0.4, 0.5) is 13.2 Å². The van der Waals surface area contributed by atoms with E-state index in [1.165, 1.54) is 17.3 Å². The Morgan fingerprint density at radius 2 is 2.00 bits per heavy atom. The molecule has 3 aromatic rings. The van der Waals surface area contributed by atoms with Crippen molar-refractivity contribution < 1.29 is 18.3 Å². The Hall–Kier alpha value is -2.52. The molecule has 0 bridgehead atoms. The molecule has 0 aliphatic heterocycles. The van der Waals surface area contributed by atoms with Crippen LogP contribution < -0.4 is 0 Å². The Morgan fingerprint density at radius 3 is 2.67 bits per heavy atom. The average Bonchev–Trinajstić information content (AvgIpc) is 3.11. The summed E-state index contributed by atoms with van der Waals surface area (Å²) in [6, 6.07) is 2.87. The lowest BCUT2D eigenvalue weighted by molar-refractivity contribution is -0.0395. The fourth-order valence-electron chi connectivity index (χ4n) is 2.89. The Bertz CT molecular complexity index is 940. The van der Waals surface area contributed by atoms with Gasteiger partial charge in [0.25, 0.3) is 0 Å². The lowest BCUT2D eigenvalue weighted by Crippen LogP contribution is -2.40. The molecule has 6 nitrogen and oxygen atoms in total. The molecule has 142 valence electrons. The highest BCUT2D eigenvalue weighted by Gasteiger charge is 2.39. The van der Waals surface area contributed by atoms with Crippen LogP contribution in [-0.2, 0) is 18.6 Å². The first kappa shape index (κ1) is 19.2. The molecule has 0 saturated carbocycles. The van der Waals surface area contributed by atoms with Crippen molar-refractivity contribution in [1.29, 1.82) is 0 Å². The zero-order valence-corrected chi connectivity index (χ0v) is 14.9. The summed E-state index contributed by atoms with van der Waals surface area (Å²) in [5, 5.41) is 14.9. The molecule has 0 spiro atoms. The highest BCUT2D eigenvalue weighted by Crippen LogP contribution is 2.36. The minimum Gasteiger partial charge on any atom is -0.383 e. The maximum absolute atomic E-state index is 14.5. The predicted octanol–water partition coefficient (Wildman–Crippen LogP) is 2.91. The normalized spacial score (nSPS) is 14.7. The first-order chi connectivity index (χ1) is 12.8. The van der Waals surface area contributed by atoms with E-state index in [9.17, 15) is 18.3 Å². The van der Waals surface area contributed by atoms with Gasteiger partial charge in [0.1, 0.15) is 36.2 Å². The number of hydrogen-bond acceptors (Lipinski definition) is 5. The Labute approximate surface area is 157 Å². The van der Waals surface area contributed by atoms with Crippen LogP contribution in [0.2, 0.25) is 5.15 Å². The molecule has 27 heavy (non-hydrogen) atoms. The zero-order valence-electron chi connectivity index (χ0n) is 14.2. The van der Waals surface area contributed by atoms with Crippen LogP contribution in [0.1, 0.15) is 18.2 Å². The van der Waals surface area contributed by atoms with Crippen LogP contribution in [-0.4, -0.2) is 29.8 Å². The van der Waals surface area contributed by atoms with E-state index in [0.29, 0.717) is 6.07 Å². The first-order valence-corrected chi connectivity index (χ1v) is 8.34. The number of rotatable bonds is 6. The van der Waals surface area contributed by atoms with Gasteiger partial charge in [-0.05, 0) is 18.4 Å². The van der Waals surface area contributed by atoms with Gasteiger partial charge in [-0.3, -0.25) is 0 Å². The van der Waals surface area contributed by atoms with E-state index < -0.39 is 29.0 Å². The molecule has 3 rings (SSSR count). The van der Waals surface area contributed by atoms with E-state index in [2.05, 4.69) is 20.1 Å². The van der Waals surface area contributed by atoms with Crippen molar-refractivity contribution in [3.05, 3.63) is 71.0 Å². The highest BCUT2D eigenvalue weighted by atomic mass is 35.5. The maximum atomic E-state index is 14.5. The minimum absolute atomic E-state index is 0.0259. The van der Waals surface area contributed by atoms with Crippen LogP contribution in [0.3, 0.4) is 0 Å². The second kappa shape index (κ2) is 7.61. The third kappa shape index (κ3) is 3.93. The van der Waals surface area contributed by atoms with Crippen molar-refractivity contribution in [3.8, 4) is 0 Å². The maximum Gasteiger partial charge on any atom is 0.181 e. The number of benzene rings is 1. The summed E-state index contributed by atoms with van der Waals surface area (Å²) in [4.78, 5) is 11.2. The number of nitrogens with zero attached hydrogens (tertiary/aromatic N) is 5. The fourth-order valence-corrected chi connectivity index (χ4v) is 3.04. The van der Waals surface area contributed by atoms with Gasteiger partial charge in [-0.15, -0.1) is 0 Å². The number of halogens is 4. The van der Waals surface area contributed by atoms with Gasteiger partial charge in [-0.1, -0.05) is 24.6 Å². The molecule has 2 atom stereocenters. The smallest absolute Gasteiger partial charge is 0.181 e. The van der Waals surface area contributed by atoms with Crippen molar-refractivity contribution in [1.82, 2.24) is 24.7 Å². The van der Waals surface area contributed by atoms with Crippen LogP contribution in [0, 0.1) is 23.4 Å². The fraction of sp³-hybridized carbons (Fsp3) is 0.294. The minimum atomic E-state index is -1.85. The number of aliphatic hydroxyl groups is 1. The molecule has 0 aliphatic carbocycles. The van der Waals surface area contributed by atoms with Crippen molar-refractivity contribution in [2.24, 2.45) is 5.92 Å².